The lowest BCUT2D eigenvalue weighted by molar-refractivity contribution is -0.385. The first kappa shape index (κ1) is 14.0. The molecule has 0 fully saturated rings. The van der Waals surface area contributed by atoms with E-state index in [1.165, 1.54) is 13.2 Å². The molecule has 0 amide bonds. The zero-order chi connectivity index (χ0) is 13.0. The summed E-state index contributed by atoms with van der Waals surface area (Å²) in [7, 11) is 1.50. The highest BCUT2D eigenvalue weighted by Crippen LogP contribution is 2.36. The Morgan fingerprint density at radius 2 is 2.18 bits per heavy atom. The maximum absolute atomic E-state index is 11.1. The predicted molar refractivity (Wildman–Crippen MR) is 71.1 cm³/mol. The summed E-state index contributed by atoms with van der Waals surface area (Å²) < 4.78 is 5.02. The van der Waals surface area contributed by atoms with Crippen molar-refractivity contribution in [1.82, 2.24) is 0 Å². The predicted octanol–water partition coefficient (Wildman–Crippen LogP) is 3.88. The molecule has 1 rings (SSSR count). The summed E-state index contributed by atoms with van der Waals surface area (Å²) in [5, 5.41) is 11.1. The monoisotopic (exact) mass is 301 g/mol. The third kappa shape index (κ3) is 3.19. The molecule has 0 aliphatic heterocycles. The van der Waals surface area contributed by atoms with Crippen LogP contribution in [-0.4, -0.2) is 16.9 Å². The van der Waals surface area contributed by atoms with Crippen LogP contribution in [0.2, 0.25) is 0 Å². The molecular weight excluding hydrogens is 286 g/mol. The lowest BCUT2D eigenvalue weighted by Crippen LogP contribution is -2.10. The molecule has 0 spiro atoms. The van der Waals surface area contributed by atoms with E-state index >= 15 is 0 Å². The number of benzene rings is 1. The lowest BCUT2D eigenvalue weighted by atomic mass is 9.92. The van der Waals surface area contributed by atoms with Crippen molar-refractivity contribution >= 4 is 21.6 Å². The second kappa shape index (κ2) is 6.00. The quantitative estimate of drug-likeness (QED) is 0.471. The van der Waals surface area contributed by atoms with Crippen LogP contribution in [0.5, 0.6) is 5.75 Å². The Balaban J connectivity index is 3.26. The van der Waals surface area contributed by atoms with E-state index in [-0.39, 0.29) is 21.4 Å². The van der Waals surface area contributed by atoms with Gasteiger partial charge in [0, 0.05) is 16.3 Å². The minimum absolute atomic E-state index is 0.126. The van der Waals surface area contributed by atoms with Crippen molar-refractivity contribution in [1.29, 1.82) is 0 Å². The topological polar surface area (TPSA) is 52.4 Å². The van der Waals surface area contributed by atoms with Gasteiger partial charge in [0.1, 0.15) is 5.75 Å². The summed E-state index contributed by atoms with van der Waals surface area (Å²) in [6.45, 7) is 4.03. The van der Waals surface area contributed by atoms with Crippen molar-refractivity contribution in [3.63, 3.8) is 0 Å². The summed E-state index contributed by atoms with van der Waals surface area (Å²) in [6, 6.07) is 5.02. The highest BCUT2D eigenvalue weighted by Gasteiger charge is 2.24. The third-order valence-corrected chi connectivity index (χ3v) is 3.47. The summed E-state index contributed by atoms with van der Waals surface area (Å²) >= 11 is 3.50. The zero-order valence-corrected chi connectivity index (χ0v) is 11.7. The molecule has 2 atom stereocenters. The van der Waals surface area contributed by atoms with Crippen LogP contribution in [0.25, 0.3) is 0 Å². The van der Waals surface area contributed by atoms with Gasteiger partial charge in [-0.1, -0.05) is 29.8 Å². The smallest absolute Gasteiger partial charge is 0.276 e. The van der Waals surface area contributed by atoms with Crippen LogP contribution in [-0.2, 0) is 0 Å². The third-order valence-electron chi connectivity index (χ3n) is 2.83. The van der Waals surface area contributed by atoms with Crippen molar-refractivity contribution in [2.75, 3.05) is 7.11 Å². The number of nitrogens with zero attached hydrogens (tertiary/aromatic N) is 1. The fourth-order valence-corrected chi connectivity index (χ4v) is 2.57. The molecule has 0 N–H and O–H groups in total. The van der Waals surface area contributed by atoms with E-state index in [9.17, 15) is 10.1 Å². The number of hydrogen-bond acceptors (Lipinski definition) is 3. The van der Waals surface area contributed by atoms with Crippen LogP contribution in [0.15, 0.2) is 18.2 Å². The normalized spacial score (nSPS) is 14.1. The number of nitro benzene ring substituents is 1. The Hall–Kier alpha value is -1.10. The Kier molecular flexibility index (Phi) is 4.93. The fraction of sp³-hybridized carbons (Fsp3) is 0.500. The lowest BCUT2D eigenvalue weighted by Gasteiger charge is -2.18. The molecule has 0 aliphatic rings. The molecule has 0 heterocycles. The van der Waals surface area contributed by atoms with Crippen LogP contribution >= 0.6 is 15.9 Å². The molecule has 94 valence electrons. The van der Waals surface area contributed by atoms with Gasteiger partial charge in [-0.3, -0.25) is 10.1 Å². The van der Waals surface area contributed by atoms with Gasteiger partial charge in [-0.2, -0.15) is 0 Å². The van der Waals surface area contributed by atoms with Gasteiger partial charge in [-0.05, 0) is 18.6 Å². The van der Waals surface area contributed by atoms with Crippen LogP contribution in [0, 0.1) is 10.1 Å². The number of nitro groups is 1. The SMILES string of the molecule is CCC(c1ccc(OC)cc1[N+](=O)[O-])C(C)Br. The van der Waals surface area contributed by atoms with E-state index in [2.05, 4.69) is 15.9 Å². The number of ether oxygens (including phenoxy) is 1. The maximum Gasteiger partial charge on any atom is 0.276 e. The zero-order valence-electron chi connectivity index (χ0n) is 10.1. The molecule has 17 heavy (non-hydrogen) atoms. The molecule has 0 saturated heterocycles. The minimum Gasteiger partial charge on any atom is -0.497 e. The average Bonchev–Trinajstić information content (AvgIpc) is 2.29. The van der Waals surface area contributed by atoms with Crippen LogP contribution in [0.4, 0.5) is 5.69 Å². The van der Waals surface area contributed by atoms with Gasteiger partial charge in [-0.25, -0.2) is 0 Å². The molecular formula is C12H16BrNO3. The Morgan fingerprint density at radius 3 is 2.59 bits per heavy atom. The molecule has 0 aliphatic carbocycles. The molecule has 4 nitrogen and oxygen atoms in total. The van der Waals surface area contributed by atoms with Crippen molar-refractivity contribution in [3.8, 4) is 5.75 Å². The summed E-state index contributed by atoms with van der Waals surface area (Å²) in [6.07, 6.45) is 0.847. The van der Waals surface area contributed by atoms with Gasteiger partial charge in [0.05, 0.1) is 18.1 Å². The Morgan fingerprint density at radius 1 is 1.53 bits per heavy atom. The van der Waals surface area contributed by atoms with Crippen LogP contribution in [0.1, 0.15) is 31.7 Å². The van der Waals surface area contributed by atoms with E-state index in [1.807, 2.05) is 13.8 Å². The number of methoxy groups -OCH3 is 1. The fourth-order valence-electron chi connectivity index (χ4n) is 1.91. The first-order chi connectivity index (χ1) is 8.01. The first-order valence-electron chi connectivity index (χ1n) is 5.47. The summed E-state index contributed by atoms with van der Waals surface area (Å²) in [5.74, 6) is 0.638. The Bertz CT molecular complexity index is 407. The molecule has 2 unspecified atom stereocenters. The molecule has 5 heteroatoms. The van der Waals surface area contributed by atoms with Gasteiger partial charge in [0.2, 0.25) is 0 Å². The first-order valence-corrected chi connectivity index (χ1v) is 6.39. The van der Waals surface area contributed by atoms with E-state index in [0.29, 0.717) is 5.75 Å². The van der Waals surface area contributed by atoms with Crippen LogP contribution < -0.4 is 4.74 Å². The van der Waals surface area contributed by atoms with Gasteiger partial charge in [-0.15, -0.1) is 0 Å². The molecule has 0 saturated carbocycles. The second-order valence-corrected chi connectivity index (χ2v) is 5.32. The van der Waals surface area contributed by atoms with Gasteiger partial charge in [0.15, 0.2) is 0 Å². The van der Waals surface area contributed by atoms with Crippen molar-refractivity contribution < 1.29 is 9.66 Å². The molecule has 0 bridgehead atoms. The van der Waals surface area contributed by atoms with E-state index in [4.69, 9.17) is 4.74 Å². The standard InChI is InChI=1S/C12H16BrNO3/c1-4-10(8(2)13)11-6-5-9(17-3)7-12(11)14(15)16/h5-8,10H,4H2,1-3H3. The maximum atomic E-state index is 11.1. The molecule has 1 aromatic rings. The summed E-state index contributed by atoms with van der Waals surface area (Å²) in [4.78, 5) is 10.9. The number of hydrogen-bond donors (Lipinski definition) is 0. The van der Waals surface area contributed by atoms with Crippen molar-refractivity contribution in [3.05, 3.63) is 33.9 Å². The van der Waals surface area contributed by atoms with Crippen LogP contribution in [0.3, 0.4) is 0 Å². The number of alkyl halides is 1. The second-order valence-electron chi connectivity index (χ2n) is 3.87. The molecule has 1 aromatic carbocycles. The summed E-state index contributed by atoms with van der Waals surface area (Å²) in [5.41, 5.74) is 0.880. The van der Waals surface area contributed by atoms with E-state index < -0.39 is 0 Å². The average molecular weight is 302 g/mol. The minimum atomic E-state index is -0.351. The van der Waals surface area contributed by atoms with E-state index in [0.717, 1.165) is 12.0 Å². The van der Waals surface area contributed by atoms with Crippen molar-refractivity contribution in [2.24, 2.45) is 0 Å². The highest BCUT2D eigenvalue weighted by molar-refractivity contribution is 9.09. The number of halogens is 1. The molecule has 0 radical (unpaired) electrons. The Labute approximate surface area is 109 Å². The largest absolute Gasteiger partial charge is 0.497 e. The van der Waals surface area contributed by atoms with Crippen molar-refractivity contribution in [2.45, 2.75) is 31.0 Å². The molecule has 0 aromatic heterocycles. The van der Waals surface area contributed by atoms with Gasteiger partial charge < -0.3 is 4.74 Å². The highest BCUT2D eigenvalue weighted by atomic mass is 79.9. The number of rotatable bonds is 5. The van der Waals surface area contributed by atoms with E-state index in [1.54, 1.807) is 12.1 Å². The van der Waals surface area contributed by atoms with Gasteiger partial charge in [0.25, 0.3) is 5.69 Å². The van der Waals surface area contributed by atoms with Gasteiger partial charge >= 0.3 is 0 Å².